The SMILES string of the molecule is CCCCCC(=O)Nc1ccc2nc3c4ccccc4c(=O)n(-c4ccc(Cl)nc4)c3n2c1. The molecule has 0 radical (unpaired) electrons. The standard InChI is InChI=1S/C25H22ClN5O2/c1-2-3-4-9-22(32)28-16-10-13-21-29-23-18-7-5-6-8-19(18)25(33)31(24(23)30(21)15-16)17-11-12-20(26)27-14-17/h5-8,10-15H,2-4,9H2,1H3,(H,28,32). The van der Waals surface area contributed by atoms with Gasteiger partial charge in [-0.2, -0.15) is 0 Å². The summed E-state index contributed by atoms with van der Waals surface area (Å²) in [6.07, 6.45) is 6.78. The highest BCUT2D eigenvalue weighted by molar-refractivity contribution is 6.29. The molecule has 4 aromatic heterocycles. The lowest BCUT2D eigenvalue weighted by Gasteiger charge is -2.11. The maximum atomic E-state index is 13.6. The summed E-state index contributed by atoms with van der Waals surface area (Å²) in [5.41, 5.74) is 2.99. The molecule has 1 N–H and O–H groups in total. The van der Waals surface area contributed by atoms with Crippen LogP contribution in [0.15, 0.2) is 65.7 Å². The number of hydrogen-bond acceptors (Lipinski definition) is 4. The number of rotatable bonds is 6. The molecule has 0 bridgehead atoms. The summed E-state index contributed by atoms with van der Waals surface area (Å²) in [7, 11) is 0. The Balaban J connectivity index is 1.74. The molecular formula is C25H22ClN5O2. The van der Waals surface area contributed by atoms with Crippen LogP contribution < -0.4 is 10.9 Å². The van der Waals surface area contributed by atoms with Gasteiger partial charge >= 0.3 is 0 Å². The van der Waals surface area contributed by atoms with Gasteiger partial charge in [0.05, 0.1) is 17.6 Å². The Kier molecular flexibility index (Phi) is 5.56. The maximum absolute atomic E-state index is 13.6. The van der Waals surface area contributed by atoms with Gasteiger partial charge in [0.25, 0.3) is 5.56 Å². The molecule has 0 unspecified atom stereocenters. The summed E-state index contributed by atoms with van der Waals surface area (Å²) in [6.45, 7) is 2.11. The Bertz CT molecular complexity index is 1550. The van der Waals surface area contributed by atoms with Crippen LogP contribution in [0.3, 0.4) is 0 Å². The Hall–Kier alpha value is -3.71. The van der Waals surface area contributed by atoms with Crippen LogP contribution in [0.25, 0.3) is 33.3 Å². The van der Waals surface area contributed by atoms with Gasteiger partial charge in [0.1, 0.15) is 16.3 Å². The number of nitrogens with one attached hydrogen (secondary N) is 1. The number of unbranched alkanes of at least 4 members (excludes halogenated alkanes) is 2. The molecule has 0 saturated heterocycles. The second-order valence-electron chi connectivity index (χ2n) is 7.96. The smallest absolute Gasteiger partial charge is 0.264 e. The largest absolute Gasteiger partial charge is 0.325 e. The molecule has 4 heterocycles. The van der Waals surface area contributed by atoms with Gasteiger partial charge in [-0.1, -0.05) is 49.6 Å². The number of hydrogen-bond donors (Lipinski definition) is 1. The lowest BCUT2D eigenvalue weighted by Crippen LogP contribution is -2.20. The van der Waals surface area contributed by atoms with Gasteiger partial charge in [-0.25, -0.2) is 9.97 Å². The number of benzene rings is 1. The molecule has 5 aromatic rings. The van der Waals surface area contributed by atoms with Crippen molar-refractivity contribution in [3.8, 4) is 5.69 Å². The first-order valence-electron chi connectivity index (χ1n) is 10.9. The van der Waals surface area contributed by atoms with E-state index in [0.717, 1.165) is 24.6 Å². The molecular weight excluding hydrogens is 438 g/mol. The van der Waals surface area contributed by atoms with Crippen LogP contribution >= 0.6 is 11.6 Å². The van der Waals surface area contributed by atoms with E-state index in [1.54, 1.807) is 35.2 Å². The molecule has 8 heteroatoms. The summed E-state index contributed by atoms with van der Waals surface area (Å²) < 4.78 is 3.42. The van der Waals surface area contributed by atoms with Gasteiger partial charge in [0.2, 0.25) is 5.91 Å². The maximum Gasteiger partial charge on any atom is 0.264 e. The van der Waals surface area contributed by atoms with Gasteiger partial charge in [-0.3, -0.25) is 18.6 Å². The van der Waals surface area contributed by atoms with Crippen LogP contribution in [-0.4, -0.2) is 24.8 Å². The molecule has 0 spiro atoms. The zero-order valence-corrected chi connectivity index (χ0v) is 18.8. The van der Waals surface area contributed by atoms with E-state index in [-0.39, 0.29) is 11.5 Å². The van der Waals surface area contributed by atoms with Crippen LogP contribution in [0.2, 0.25) is 5.15 Å². The second-order valence-corrected chi connectivity index (χ2v) is 8.35. The zero-order valence-electron chi connectivity index (χ0n) is 18.1. The lowest BCUT2D eigenvalue weighted by atomic mass is 10.1. The van der Waals surface area contributed by atoms with Gasteiger partial charge in [0.15, 0.2) is 5.65 Å². The molecule has 1 amide bonds. The molecule has 0 atom stereocenters. The van der Waals surface area contributed by atoms with Gasteiger partial charge in [-0.15, -0.1) is 0 Å². The first-order chi connectivity index (χ1) is 16.1. The van der Waals surface area contributed by atoms with E-state index in [0.29, 0.717) is 45.1 Å². The minimum atomic E-state index is -0.182. The van der Waals surface area contributed by atoms with E-state index >= 15 is 0 Å². The predicted molar refractivity (Wildman–Crippen MR) is 131 cm³/mol. The van der Waals surface area contributed by atoms with E-state index in [9.17, 15) is 9.59 Å². The van der Waals surface area contributed by atoms with Crippen molar-refractivity contribution < 1.29 is 4.79 Å². The monoisotopic (exact) mass is 459 g/mol. The number of imidazole rings is 1. The molecule has 0 aliphatic rings. The zero-order chi connectivity index (χ0) is 22.9. The summed E-state index contributed by atoms with van der Waals surface area (Å²) in [4.78, 5) is 34.9. The molecule has 33 heavy (non-hydrogen) atoms. The van der Waals surface area contributed by atoms with Crippen molar-refractivity contribution in [3.63, 3.8) is 0 Å². The fourth-order valence-corrected chi connectivity index (χ4v) is 4.20. The van der Waals surface area contributed by atoms with Crippen LogP contribution in [0, 0.1) is 0 Å². The normalized spacial score (nSPS) is 11.5. The molecule has 0 fully saturated rings. The van der Waals surface area contributed by atoms with Crippen molar-refractivity contribution in [2.45, 2.75) is 32.6 Å². The number of carbonyl (C=O) groups excluding carboxylic acids is 1. The van der Waals surface area contributed by atoms with Crippen LogP contribution in [-0.2, 0) is 4.79 Å². The van der Waals surface area contributed by atoms with Gasteiger partial charge < -0.3 is 5.32 Å². The van der Waals surface area contributed by atoms with E-state index in [2.05, 4.69) is 17.2 Å². The first kappa shape index (κ1) is 21.2. The minimum absolute atomic E-state index is 0.0306. The number of halogens is 1. The number of amides is 1. The van der Waals surface area contributed by atoms with E-state index in [1.165, 1.54) is 0 Å². The van der Waals surface area contributed by atoms with Crippen LogP contribution in [0.1, 0.15) is 32.6 Å². The Morgan fingerprint density at radius 2 is 1.88 bits per heavy atom. The first-order valence-corrected chi connectivity index (χ1v) is 11.3. The predicted octanol–water partition coefficient (Wildman–Crippen LogP) is 5.36. The van der Waals surface area contributed by atoms with Crippen molar-refractivity contribution in [1.82, 2.24) is 18.9 Å². The fourth-order valence-electron chi connectivity index (χ4n) is 4.09. The molecule has 7 nitrogen and oxygen atoms in total. The van der Waals surface area contributed by atoms with Crippen LogP contribution in [0.4, 0.5) is 5.69 Å². The number of carbonyl (C=O) groups is 1. The van der Waals surface area contributed by atoms with Crippen LogP contribution in [0.5, 0.6) is 0 Å². The van der Waals surface area contributed by atoms with E-state index in [1.807, 2.05) is 34.7 Å². The summed E-state index contributed by atoms with van der Waals surface area (Å²) >= 11 is 5.98. The van der Waals surface area contributed by atoms with Crippen molar-refractivity contribution in [2.75, 3.05) is 5.32 Å². The Labute approximate surface area is 194 Å². The molecule has 1 aromatic carbocycles. The quantitative estimate of drug-likeness (QED) is 0.274. The van der Waals surface area contributed by atoms with Crippen molar-refractivity contribution in [1.29, 1.82) is 0 Å². The minimum Gasteiger partial charge on any atom is -0.325 e. The number of fused-ring (bicyclic) bond motifs is 5. The lowest BCUT2D eigenvalue weighted by molar-refractivity contribution is -0.116. The van der Waals surface area contributed by atoms with Crippen molar-refractivity contribution in [3.05, 3.63) is 76.4 Å². The summed E-state index contributed by atoms with van der Waals surface area (Å²) in [5.74, 6) is -0.0306. The highest BCUT2D eigenvalue weighted by atomic mass is 35.5. The third-order valence-corrected chi connectivity index (χ3v) is 5.91. The molecule has 5 rings (SSSR count). The average Bonchev–Trinajstić information content (AvgIpc) is 3.19. The second kappa shape index (κ2) is 8.67. The fraction of sp³-hybridized carbons (Fsp3) is 0.200. The summed E-state index contributed by atoms with van der Waals surface area (Å²) in [5, 5.41) is 4.63. The number of anilines is 1. The van der Waals surface area contributed by atoms with Crippen molar-refractivity contribution >= 4 is 50.8 Å². The molecule has 0 aliphatic heterocycles. The van der Waals surface area contributed by atoms with Gasteiger partial charge in [-0.05, 0) is 36.8 Å². The number of pyridine rings is 3. The van der Waals surface area contributed by atoms with Crippen molar-refractivity contribution in [2.24, 2.45) is 0 Å². The third-order valence-electron chi connectivity index (χ3n) is 5.68. The topological polar surface area (TPSA) is 81.3 Å². The Morgan fingerprint density at radius 3 is 2.64 bits per heavy atom. The highest BCUT2D eigenvalue weighted by Gasteiger charge is 2.18. The Morgan fingerprint density at radius 1 is 1.06 bits per heavy atom. The molecule has 0 aliphatic carbocycles. The highest BCUT2D eigenvalue weighted by Crippen LogP contribution is 2.27. The number of aromatic nitrogens is 4. The van der Waals surface area contributed by atoms with E-state index in [4.69, 9.17) is 16.6 Å². The number of nitrogens with zero attached hydrogens (tertiary/aromatic N) is 4. The van der Waals surface area contributed by atoms with E-state index < -0.39 is 0 Å². The molecule has 0 saturated carbocycles. The molecule has 166 valence electrons. The summed E-state index contributed by atoms with van der Waals surface area (Å²) in [6, 6.07) is 14.5. The van der Waals surface area contributed by atoms with Gasteiger partial charge in [0, 0.05) is 23.4 Å². The average molecular weight is 460 g/mol. The third kappa shape index (κ3) is 3.85.